The molecule has 2 atom stereocenters. The Bertz CT molecular complexity index is 458. The molecule has 0 radical (unpaired) electrons. The van der Waals surface area contributed by atoms with E-state index in [4.69, 9.17) is 5.73 Å². The molecule has 0 saturated heterocycles. The molecule has 0 fully saturated rings. The van der Waals surface area contributed by atoms with E-state index in [0.29, 0.717) is 5.92 Å². The molecule has 0 spiro atoms. The molecule has 2 aromatic rings. The van der Waals surface area contributed by atoms with Crippen molar-refractivity contribution in [2.45, 2.75) is 26.3 Å². The summed E-state index contributed by atoms with van der Waals surface area (Å²) in [5, 5.41) is 2.85. The predicted octanol–water partition coefficient (Wildman–Crippen LogP) is 3.49. The van der Waals surface area contributed by atoms with E-state index < -0.39 is 0 Å². The molecular formula is C18H24NP. The molecule has 0 aromatic heterocycles. The summed E-state index contributed by atoms with van der Waals surface area (Å²) in [5.41, 5.74) is 6.42. The Morgan fingerprint density at radius 1 is 0.900 bits per heavy atom. The highest BCUT2D eigenvalue weighted by Gasteiger charge is 2.20. The van der Waals surface area contributed by atoms with Crippen LogP contribution in [0.5, 0.6) is 0 Å². The average molecular weight is 285 g/mol. The normalized spacial score (nSPS) is 14.2. The lowest BCUT2D eigenvalue weighted by atomic mass is 10.0. The molecular weight excluding hydrogens is 261 g/mol. The molecule has 0 saturated carbocycles. The van der Waals surface area contributed by atoms with Crippen LogP contribution in [0, 0.1) is 5.92 Å². The third-order valence-corrected chi connectivity index (χ3v) is 6.53. The Balaban J connectivity index is 2.26. The molecule has 0 bridgehead atoms. The van der Waals surface area contributed by atoms with Crippen LogP contribution in [0.4, 0.5) is 0 Å². The Kier molecular flexibility index (Phi) is 5.76. The van der Waals surface area contributed by atoms with Gasteiger partial charge in [-0.15, -0.1) is 0 Å². The summed E-state index contributed by atoms with van der Waals surface area (Å²) < 4.78 is 0. The maximum absolute atomic E-state index is 6.42. The first-order valence-electron chi connectivity index (χ1n) is 7.35. The van der Waals surface area contributed by atoms with E-state index >= 15 is 0 Å². The summed E-state index contributed by atoms with van der Waals surface area (Å²) in [7, 11) is -0.353. The monoisotopic (exact) mass is 285 g/mol. The zero-order chi connectivity index (χ0) is 14.4. The van der Waals surface area contributed by atoms with Gasteiger partial charge in [0.15, 0.2) is 0 Å². The van der Waals surface area contributed by atoms with Gasteiger partial charge in [-0.25, -0.2) is 0 Å². The van der Waals surface area contributed by atoms with Crippen LogP contribution in [0.3, 0.4) is 0 Å². The van der Waals surface area contributed by atoms with Gasteiger partial charge in [-0.2, -0.15) is 0 Å². The first kappa shape index (κ1) is 15.2. The van der Waals surface area contributed by atoms with E-state index in [-0.39, 0.29) is 14.0 Å². The lowest BCUT2D eigenvalue weighted by molar-refractivity contribution is 0.474. The lowest BCUT2D eigenvalue weighted by Gasteiger charge is -2.25. The van der Waals surface area contributed by atoms with Crippen molar-refractivity contribution in [3.63, 3.8) is 0 Å². The fraction of sp³-hybridized carbons (Fsp3) is 0.333. The maximum atomic E-state index is 6.42. The van der Waals surface area contributed by atoms with E-state index in [1.54, 1.807) is 0 Å². The smallest absolute Gasteiger partial charge is 0.0110 e. The number of hydrogen-bond donors (Lipinski definition) is 1. The number of benzene rings is 2. The van der Waals surface area contributed by atoms with Crippen LogP contribution in [-0.4, -0.2) is 12.2 Å². The van der Waals surface area contributed by atoms with Crippen molar-refractivity contribution in [1.29, 1.82) is 0 Å². The third-order valence-electron chi connectivity index (χ3n) is 3.90. The first-order chi connectivity index (χ1) is 9.72. The van der Waals surface area contributed by atoms with Gasteiger partial charge in [0.25, 0.3) is 0 Å². The van der Waals surface area contributed by atoms with Crippen molar-refractivity contribution in [2.24, 2.45) is 11.7 Å². The molecule has 2 rings (SSSR count). The number of rotatable bonds is 6. The minimum atomic E-state index is -0.353. The molecule has 106 valence electrons. The fourth-order valence-corrected chi connectivity index (χ4v) is 4.83. The SMILES string of the molecule is CCC(C)[C@H](N)CP(c1ccccc1)c1ccccc1. The average Bonchev–Trinajstić information content (AvgIpc) is 2.53. The summed E-state index contributed by atoms with van der Waals surface area (Å²) in [4.78, 5) is 0. The van der Waals surface area contributed by atoms with E-state index in [2.05, 4.69) is 74.5 Å². The molecule has 0 aliphatic rings. The Labute approximate surface area is 124 Å². The summed E-state index contributed by atoms with van der Waals surface area (Å²) >= 11 is 0. The molecule has 1 unspecified atom stereocenters. The highest BCUT2D eigenvalue weighted by atomic mass is 31.1. The second kappa shape index (κ2) is 7.57. The zero-order valence-corrected chi connectivity index (χ0v) is 13.3. The topological polar surface area (TPSA) is 26.0 Å². The third kappa shape index (κ3) is 3.91. The van der Waals surface area contributed by atoms with Crippen LogP contribution in [0.2, 0.25) is 0 Å². The quantitative estimate of drug-likeness (QED) is 0.808. The predicted molar refractivity (Wildman–Crippen MR) is 91.4 cm³/mol. The van der Waals surface area contributed by atoms with Gasteiger partial charge in [-0.3, -0.25) is 0 Å². The van der Waals surface area contributed by atoms with Gasteiger partial charge in [0.05, 0.1) is 0 Å². The van der Waals surface area contributed by atoms with Crippen LogP contribution in [0.25, 0.3) is 0 Å². The van der Waals surface area contributed by atoms with Gasteiger partial charge in [-0.05, 0) is 30.6 Å². The largest absolute Gasteiger partial charge is 0.327 e. The lowest BCUT2D eigenvalue weighted by Crippen LogP contribution is -2.34. The maximum Gasteiger partial charge on any atom is 0.0110 e. The van der Waals surface area contributed by atoms with Gasteiger partial charge in [-0.1, -0.05) is 80.9 Å². The molecule has 0 amide bonds. The first-order valence-corrected chi connectivity index (χ1v) is 8.88. The van der Waals surface area contributed by atoms with E-state index in [1.165, 1.54) is 10.6 Å². The standard InChI is InChI=1S/C18H24NP/c1-3-15(2)18(19)14-20(16-10-6-4-7-11-16)17-12-8-5-9-13-17/h4-13,15,18H,3,14,19H2,1-2H3/t15?,18-/m1/s1. The highest BCUT2D eigenvalue weighted by Crippen LogP contribution is 2.35. The molecule has 0 aliphatic carbocycles. The van der Waals surface area contributed by atoms with Gasteiger partial charge in [0.1, 0.15) is 0 Å². The van der Waals surface area contributed by atoms with Crippen LogP contribution < -0.4 is 16.3 Å². The number of nitrogens with two attached hydrogens (primary N) is 1. The minimum Gasteiger partial charge on any atom is -0.327 e. The van der Waals surface area contributed by atoms with Crippen LogP contribution in [0.1, 0.15) is 20.3 Å². The van der Waals surface area contributed by atoms with Crippen molar-refractivity contribution in [2.75, 3.05) is 6.16 Å². The van der Waals surface area contributed by atoms with Gasteiger partial charge >= 0.3 is 0 Å². The number of hydrogen-bond acceptors (Lipinski definition) is 1. The molecule has 2 N–H and O–H groups in total. The van der Waals surface area contributed by atoms with Crippen LogP contribution in [-0.2, 0) is 0 Å². The second-order valence-corrected chi connectivity index (χ2v) is 7.59. The fourth-order valence-electron chi connectivity index (χ4n) is 2.27. The van der Waals surface area contributed by atoms with Crippen molar-refractivity contribution < 1.29 is 0 Å². The van der Waals surface area contributed by atoms with Crippen LogP contribution >= 0.6 is 7.92 Å². The molecule has 0 aliphatic heterocycles. The minimum absolute atomic E-state index is 0.270. The molecule has 2 heteroatoms. The summed E-state index contributed by atoms with van der Waals surface area (Å²) in [5.74, 6) is 0.576. The Hall–Kier alpha value is -1.17. The van der Waals surface area contributed by atoms with E-state index in [1.807, 2.05) is 0 Å². The van der Waals surface area contributed by atoms with Crippen molar-refractivity contribution >= 4 is 18.5 Å². The van der Waals surface area contributed by atoms with Crippen LogP contribution in [0.15, 0.2) is 60.7 Å². The van der Waals surface area contributed by atoms with Crippen molar-refractivity contribution in [1.82, 2.24) is 0 Å². The zero-order valence-electron chi connectivity index (χ0n) is 12.4. The Morgan fingerprint density at radius 3 is 1.75 bits per heavy atom. The second-order valence-electron chi connectivity index (χ2n) is 5.33. The van der Waals surface area contributed by atoms with E-state index in [9.17, 15) is 0 Å². The molecule has 2 aromatic carbocycles. The summed E-state index contributed by atoms with van der Waals surface area (Å²) in [6.07, 6.45) is 2.21. The van der Waals surface area contributed by atoms with Gasteiger partial charge < -0.3 is 5.73 Å². The van der Waals surface area contributed by atoms with Crippen molar-refractivity contribution in [3.8, 4) is 0 Å². The van der Waals surface area contributed by atoms with E-state index in [0.717, 1.165) is 12.6 Å². The summed E-state index contributed by atoms with van der Waals surface area (Å²) in [6.45, 7) is 4.48. The molecule has 1 nitrogen and oxygen atoms in total. The Morgan fingerprint density at radius 2 is 1.35 bits per heavy atom. The summed E-state index contributed by atoms with van der Waals surface area (Å²) in [6, 6.07) is 21.9. The van der Waals surface area contributed by atoms with Crippen molar-refractivity contribution in [3.05, 3.63) is 60.7 Å². The molecule has 20 heavy (non-hydrogen) atoms. The molecule has 0 heterocycles. The van der Waals surface area contributed by atoms with Gasteiger partial charge in [0.2, 0.25) is 0 Å². The highest BCUT2D eigenvalue weighted by molar-refractivity contribution is 7.73. The van der Waals surface area contributed by atoms with Gasteiger partial charge in [0, 0.05) is 6.04 Å².